The fourth-order valence-electron chi connectivity index (χ4n) is 10.7. The summed E-state index contributed by atoms with van der Waals surface area (Å²) in [6.45, 7) is 6.73. The van der Waals surface area contributed by atoms with Crippen molar-refractivity contribution in [1.82, 2.24) is 0 Å². The maximum Gasteiger partial charge on any atom is 0.252 e. The number of aryl methyl sites for hydroxylation is 3. The van der Waals surface area contributed by atoms with Crippen LogP contribution in [0.1, 0.15) is 38.9 Å². The van der Waals surface area contributed by atoms with Crippen LogP contribution >= 0.6 is 0 Å². The molecule has 55 heavy (non-hydrogen) atoms. The average Bonchev–Trinajstić information content (AvgIpc) is 3.68. The lowest BCUT2D eigenvalue weighted by molar-refractivity contribution is 0.794. The molecule has 2 heterocycles. The summed E-state index contributed by atoms with van der Waals surface area (Å²) in [5, 5.41) is 0. The number of nitrogens with zero attached hydrogens (tertiary/aromatic N) is 2. The highest BCUT2D eigenvalue weighted by Crippen LogP contribution is 2.63. The van der Waals surface area contributed by atoms with Crippen LogP contribution in [-0.2, 0) is 5.41 Å². The minimum Gasteiger partial charge on any atom is -0.311 e. The van der Waals surface area contributed by atoms with E-state index in [1.54, 1.807) is 0 Å². The smallest absolute Gasteiger partial charge is 0.252 e. The maximum absolute atomic E-state index is 2.54. The molecule has 12 rings (SSSR count). The Kier molecular flexibility index (Phi) is 6.16. The van der Waals surface area contributed by atoms with E-state index in [0.29, 0.717) is 0 Å². The summed E-state index contributed by atoms with van der Waals surface area (Å²) in [5.74, 6) is 0. The molecular formula is C52H37BN2. The Morgan fingerprint density at radius 3 is 1.38 bits per heavy atom. The Hall–Kier alpha value is -6.58. The number of hydrogen-bond acceptors (Lipinski definition) is 2. The predicted molar refractivity (Wildman–Crippen MR) is 231 cm³/mol. The van der Waals surface area contributed by atoms with Gasteiger partial charge >= 0.3 is 0 Å². The molecule has 3 heteroatoms. The number of anilines is 6. The van der Waals surface area contributed by atoms with E-state index in [-0.39, 0.29) is 12.1 Å². The summed E-state index contributed by atoms with van der Waals surface area (Å²) in [5.41, 5.74) is 25.6. The van der Waals surface area contributed by atoms with Gasteiger partial charge < -0.3 is 9.80 Å². The van der Waals surface area contributed by atoms with Gasteiger partial charge in [-0.2, -0.15) is 0 Å². The lowest BCUT2D eigenvalue weighted by Crippen LogP contribution is -2.61. The largest absolute Gasteiger partial charge is 0.311 e. The fraction of sp³-hybridized carbons (Fsp3) is 0.0769. The summed E-state index contributed by atoms with van der Waals surface area (Å²) in [4.78, 5) is 5.03. The topological polar surface area (TPSA) is 6.48 Å². The van der Waals surface area contributed by atoms with E-state index in [9.17, 15) is 0 Å². The average molecular weight is 701 g/mol. The highest BCUT2D eigenvalue weighted by atomic mass is 15.2. The Morgan fingerprint density at radius 1 is 0.364 bits per heavy atom. The minimum absolute atomic E-state index is 0.110. The van der Waals surface area contributed by atoms with Gasteiger partial charge in [0.25, 0.3) is 6.71 Å². The third-order valence-electron chi connectivity index (χ3n) is 12.8. The van der Waals surface area contributed by atoms with E-state index in [4.69, 9.17) is 0 Å². The summed E-state index contributed by atoms with van der Waals surface area (Å²) >= 11 is 0. The van der Waals surface area contributed by atoms with Gasteiger partial charge in [0.2, 0.25) is 0 Å². The Balaban J connectivity index is 1.12. The van der Waals surface area contributed by atoms with E-state index in [1.807, 2.05) is 0 Å². The van der Waals surface area contributed by atoms with Gasteiger partial charge in [-0.3, -0.25) is 0 Å². The van der Waals surface area contributed by atoms with Crippen molar-refractivity contribution < 1.29 is 0 Å². The van der Waals surface area contributed by atoms with Gasteiger partial charge in [0.15, 0.2) is 0 Å². The van der Waals surface area contributed by atoms with E-state index < -0.39 is 0 Å². The van der Waals surface area contributed by atoms with Gasteiger partial charge in [-0.15, -0.1) is 0 Å². The number of rotatable bonds is 2. The SMILES string of the molecule is Cc1ccc(N2c3ccc(C)cc3B3c4cc(C)ccc4N(c4ccc5c(c4)-c4ccccc4C54c5ccccc5-c5ccccc54)c4cccc2c43)cc1. The van der Waals surface area contributed by atoms with E-state index in [1.165, 1.54) is 112 Å². The summed E-state index contributed by atoms with van der Waals surface area (Å²) in [6.07, 6.45) is 0. The molecule has 4 aliphatic rings. The van der Waals surface area contributed by atoms with Crippen molar-refractivity contribution in [2.45, 2.75) is 26.2 Å². The molecule has 0 saturated carbocycles. The zero-order valence-corrected chi connectivity index (χ0v) is 31.1. The summed E-state index contributed by atoms with van der Waals surface area (Å²) in [6, 6.07) is 64.5. The second kappa shape index (κ2) is 11.0. The Morgan fingerprint density at radius 2 is 0.818 bits per heavy atom. The van der Waals surface area contributed by atoms with Crippen molar-refractivity contribution in [3.8, 4) is 22.3 Å². The van der Waals surface area contributed by atoms with Gasteiger partial charge in [0.1, 0.15) is 0 Å². The molecule has 0 amide bonds. The summed E-state index contributed by atoms with van der Waals surface area (Å²) in [7, 11) is 0. The van der Waals surface area contributed by atoms with Crippen LogP contribution in [0.2, 0.25) is 0 Å². The number of benzene rings is 8. The standard InChI is InChI=1S/C52H37BN2/c1-32-19-23-35(24-20-32)54-47-27-21-33(2)29-45(47)53-46-30-34(3)22-28-48(46)55(50-18-10-17-49(54)51(50)53)36-25-26-44-40(31-36)39-13-6-9-16-43(39)52(44)41-14-7-4-11-37(41)38-12-5-8-15-42(38)52/h4-31H,1-3H3. The maximum atomic E-state index is 2.54. The molecule has 0 fully saturated rings. The molecule has 8 aromatic rings. The quantitative estimate of drug-likeness (QED) is 0.166. The van der Waals surface area contributed by atoms with Gasteiger partial charge in [0.05, 0.1) is 5.41 Å². The van der Waals surface area contributed by atoms with Crippen LogP contribution in [0.4, 0.5) is 34.1 Å². The van der Waals surface area contributed by atoms with Crippen LogP contribution in [0.25, 0.3) is 22.3 Å². The molecular weight excluding hydrogens is 663 g/mol. The van der Waals surface area contributed by atoms with Crippen LogP contribution < -0.4 is 26.2 Å². The molecule has 1 spiro atoms. The first-order valence-electron chi connectivity index (χ1n) is 19.5. The monoisotopic (exact) mass is 700 g/mol. The summed E-state index contributed by atoms with van der Waals surface area (Å²) < 4.78 is 0. The van der Waals surface area contributed by atoms with Crippen molar-refractivity contribution in [3.63, 3.8) is 0 Å². The third kappa shape index (κ3) is 3.95. The van der Waals surface area contributed by atoms with Crippen LogP contribution in [0.3, 0.4) is 0 Å². The normalized spacial score (nSPS) is 14.5. The lowest BCUT2D eigenvalue weighted by atomic mass is 9.33. The van der Waals surface area contributed by atoms with Crippen LogP contribution in [-0.4, -0.2) is 6.71 Å². The van der Waals surface area contributed by atoms with Gasteiger partial charge in [0, 0.05) is 34.1 Å². The third-order valence-corrected chi connectivity index (χ3v) is 12.8. The minimum atomic E-state index is -0.359. The molecule has 0 saturated heterocycles. The zero-order valence-electron chi connectivity index (χ0n) is 31.1. The first kappa shape index (κ1) is 30.8. The second-order valence-electron chi connectivity index (χ2n) is 15.9. The molecule has 0 bridgehead atoms. The van der Waals surface area contributed by atoms with Crippen LogP contribution in [0.5, 0.6) is 0 Å². The lowest BCUT2D eigenvalue weighted by Gasteiger charge is -2.44. The predicted octanol–water partition coefficient (Wildman–Crippen LogP) is 11.0. The molecule has 0 aromatic heterocycles. The van der Waals surface area contributed by atoms with Crippen LogP contribution in [0.15, 0.2) is 170 Å². The van der Waals surface area contributed by atoms with E-state index >= 15 is 0 Å². The Bertz CT molecular complexity index is 2890. The molecule has 2 aliphatic carbocycles. The Labute approximate surface area is 323 Å². The molecule has 0 unspecified atom stereocenters. The van der Waals surface area contributed by atoms with E-state index in [2.05, 4.69) is 200 Å². The number of hydrogen-bond donors (Lipinski definition) is 0. The molecule has 2 aliphatic heterocycles. The van der Waals surface area contributed by atoms with Gasteiger partial charge in [-0.1, -0.05) is 138 Å². The molecule has 258 valence electrons. The van der Waals surface area contributed by atoms with Crippen LogP contribution in [0, 0.1) is 20.8 Å². The molecule has 0 radical (unpaired) electrons. The van der Waals surface area contributed by atoms with Crippen molar-refractivity contribution >= 4 is 57.2 Å². The van der Waals surface area contributed by atoms with E-state index in [0.717, 1.165) is 0 Å². The molecule has 0 atom stereocenters. The molecule has 0 N–H and O–H groups in total. The van der Waals surface area contributed by atoms with Crippen molar-refractivity contribution in [1.29, 1.82) is 0 Å². The first-order valence-corrected chi connectivity index (χ1v) is 19.5. The molecule has 2 nitrogen and oxygen atoms in total. The van der Waals surface area contributed by atoms with Gasteiger partial charge in [-0.05, 0) is 130 Å². The van der Waals surface area contributed by atoms with Crippen molar-refractivity contribution in [2.24, 2.45) is 0 Å². The highest BCUT2D eigenvalue weighted by molar-refractivity contribution is 7.00. The van der Waals surface area contributed by atoms with Crippen molar-refractivity contribution in [3.05, 3.63) is 209 Å². The zero-order chi connectivity index (χ0) is 36.6. The van der Waals surface area contributed by atoms with Gasteiger partial charge in [-0.25, -0.2) is 0 Å². The molecule has 8 aromatic carbocycles. The van der Waals surface area contributed by atoms with Crippen molar-refractivity contribution in [2.75, 3.05) is 9.80 Å². The fourth-order valence-corrected chi connectivity index (χ4v) is 10.7. The number of fused-ring (bicyclic) bond motifs is 14. The highest BCUT2D eigenvalue weighted by Gasteiger charge is 2.52. The second-order valence-corrected chi connectivity index (χ2v) is 15.9. The first-order chi connectivity index (χ1) is 27.0.